The zero-order valence-corrected chi connectivity index (χ0v) is 12.6. The van der Waals surface area contributed by atoms with Gasteiger partial charge >= 0.3 is 5.97 Å². The van der Waals surface area contributed by atoms with Gasteiger partial charge in [0.2, 0.25) is 0 Å². The van der Waals surface area contributed by atoms with Crippen molar-refractivity contribution >= 4 is 29.5 Å². The van der Waals surface area contributed by atoms with Gasteiger partial charge in [0.15, 0.2) is 5.60 Å². The molecule has 22 heavy (non-hydrogen) atoms. The summed E-state index contributed by atoms with van der Waals surface area (Å²) in [5, 5.41) is 29.7. The van der Waals surface area contributed by atoms with Crippen LogP contribution in [0.5, 0.6) is 0 Å². The lowest BCUT2D eigenvalue weighted by Crippen LogP contribution is -2.39. The molecule has 3 N–H and O–H groups in total. The van der Waals surface area contributed by atoms with E-state index >= 15 is 0 Å². The van der Waals surface area contributed by atoms with Gasteiger partial charge in [-0.3, -0.25) is 0 Å². The van der Waals surface area contributed by atoms with Gasteiger partial charge in [-0.05, 0) is 30.5 Å². The fourth-order valence-electron chi connectivity index (χ4n) is 2.65. The van der Waals surface area contributed by atoms with E-state index in [4.69, 9.17) is 0 Å². The van der Waals surface area contributed by atoms with Gasteiger partial charge < -0.3 is 15.3 Å². The van der Waals surface area contributed by atoms with Crippen LogP contribution in [0, 0.1) is 0 Å². The summed E-state index contributed by atoms with van der Waals surface area (Å²) in [7, 11) is 0. The van der Waals surface area contributed by atoms with Gasteiger partial charge in [-0.25, -0.2) is 4.79 Å². The van der Waals surface area contributed by atoms with Crippen molar-refractivity contribution < 1.29 is 20.1 Å². The third-order valence-electron chi connectivity index (χ3n) is 3.90. The van der Waals surface area contributed by atoms with E-state index in [1.54, 1.807) is 6.07 Å². The second-order valence-electron chi connectivity index (χ2n) is 5.39. The maximum absolute atomic E-state index is 11.4. The highest BCUT2D eigenvalue weighted by Gasteiger charge is 2.45. The highest BCUT2D eigenvalue weighted by molar-refractivity contribution is 7.13. The van der Waals surface area contributed by atoms with Gasteiger partial charge in [-0.2, -0.15) is 0 Å². The normalized spacial score (nSPS) is 24.4. The monoisotopic (exact) mass is 316 g/mol. The summed E-state index contributed by atoms with van der Waals surface area (Å²) in [5.74, 6) is -1.27. The van der Waals surface area contributed by atoms with Crippen molar-refractivity contribution in [2.75, 3.05) is 0 Å². The topological polar surface area (TPSA) is 77.8 Å². The van der Waals surface area contributed by atoms with Crippen molar-refractivity contribution in [2.24, 2.45) is 0 Å². The summed E-state index contributed by atoms with van der Waals surface area (Å²) in [6, 6.07) is 11.4. The van der Waals surface area contributed by atoms with Crippen LogP contribution in [0.25, 0.3) is 12.2 Å². The summed E-state index contributed by atoms with van der Waals surface area (Å²) in [6.45, 7) is 0. The van der Waals surface area contributed by atoms with Crippen LogP contribution >= 0.6 is 11.3 Å². The van der Waals surface area contributed by atoms with Gasteiger partial charge in [0.25, 0.3) is 0 Å². The predicted octanol–water partition coefficient (Wildman–Crippen LogP) is 3.02. The van der Waals surface area contributed by atoms with Crippen molar-refractivity contribution in [3.05, 3.63) is 57.3 Å². The highest BCUT2D eigenvalue weighted by atomic mass is 32.1. The van der Waals surface area contributed by atoms with Crippen LogP contribution < -0.4 is 0 Å². The summed E-state index contributed by atoms with van der Waals surface area (Å²) in [6.07, 6.45) is 3.35. The van der Waals surface area contributed by atoms with Crippen LogP contribution in [-0.2, 0) is 10.4 Å². The van der Waals surface area contributed by atoms with Crippen LogP contribution in [0.4, 0.5) is 0 Å². The largest absolute Gasteiger partial charge is 0.479 e. The Labute approximate surface area is 132 Å². The number of hydrogen-bond donors (Lipinski definition) is 3. The Morgan fingerprint density at radius 2 is 2.00 bits per heavy atom. The average molecular weight is 316 g/mol. The fourth-order valence-corrected chi connectivity index (χ4v) is 3.81. The molecular weight excluding hydrogens is 300 g/mol. The third kappa shape index (κ3) is 2.59. The molecule has 0 saturated carbocycles. The smallest absolute Gasteiger partial charge is 0.340 e. The number of fused-ring (bicyclic) bond motifs is 1. The molecule has 0 unspecified atom stereocenters. The molecule has 4 nitrogen and oxygen atoms in total. The van der Waals surface area contributed by atoms with Crippen LogP contribution in [0.3, 0.4) is 0 Å². The number of aliphatic hydroxyl groups is 2. The van der Waals surface area contributed by atoms with Crippen molar-refractivity contribution in [3.8, 4) is 0 Å². The van der Waals surface area contributed by atoms with Gasteiger partial charge in [0.1, 0.15) is 0 Å². The molecule has 2 atom stereocenters. The molecule has 2 aromatic rings. The first-order chi connectivity index (χ1) is 10.5. The highest BCUT2D eigenvalue weighted by Crippen LogP contribution is 2.45. The molecular formula is C17H16O4S. The maximum atomic E-state index is 11.4. The summed E-state index contributed by atoms with van der Waals surface area (Å²) >= 11 is 1.32. The molecule has 3 rings (SSSR count). The van der Waals surface area contributed by atoms with Gasteiger partial charge in [-0.15, -0.1) is 11.3 Å². The summed E-state index contributed by atoms with van der Waals surface area (Å²) in [4.78, 5) is 12.7. The summed E-state index contributed by atoms with van der Waals surface area (Å²) < 4.78 is 0. The molecule has 1 aliphatic carbocycles. The van der Waals surface area contributed by atoms with Gasteiger partial charge in [0, 0.05) is 15.3 Å². The molecule has 0 saturated heterocycles. The first-order valence-electron chi connectivity index (χ1n) is 7.02. The van der Waals surface area contributed by atoms with E-state index in [2.05, 4.69) is 0 Å². The maximum Gasteiger partial charge on any atom is 0.340 e. The number of hydrogen-bond acceptors (Lipinski definition) is 4. The lowest BCUT2D eigenvalue weighted by atomic mass is 9.82. The SMILES string of the molecule is O=C(O)[C@@]1(O)CC[C@H](O)c2sc(/C=C/c3ccccc3)cc21. The molecule has 1 aliphatic rings. The van der Waals surface area contributed by atoms with Gasteiger partial charge in [0.05, 0.1) is 6.10 Å². The minimum Gasteiger partial charge on any atom is -0.479 e. The van der Waals surface area contributed by atoms with Crippen LogP contribution in [0.1, 0.15) is 39.8 Å². The number of carbonyl (C=O) groups is 1. The summed E-state index contributed by atoms with van der Waals surface area (Å²) in [5.41, 5.74) is -0.552. The van der Waals surface area contributed by atoms with Crippen LogP contribution in [-0.4, -0.2) is 21.3 Å². The molecule has 0 spiro atoms. The molecule has 0 radical (unpaired) electrons. The van der Waals surface area contributed by atoms with E-state index < -0.39 is 17.7 Å². The Hall–Kier alpha value is -1.95. The minimum absolute atomic E-state index is 0.0229. The number of carboxylic acid groups (broad SMARTS) is 1. The van der Waals surface area contributed by atoms with E-state index in [9.17, 15) is 20.1 Å². The second kappa shape index (κ2) is 5.68. The van der Waals surface area contributed by atoms with Crippen LogP contribution in [0.2, 0.25) is 0 Å². The van der Waals surface area contributed by atoms with E-state index in [1.807, 2.05) is 42.5 Å². The van der Waals surface area contributed by atoms with E-state index in [-0.39, 0.29) is 12.8 Å². The lowest BCUT2D eigenvalue weighted by molar-refractivity contribution is -0.162. The number of thiophene rings is 1. The zero-order chi connectivity index (χ0) is 15.7. The standard InChI is InChI=1S/C17H16O4S/c18-14-8-9-17(21,16(19)20)13-10-12(22-15(13)14)7-6-11-4-2-1-3-5-11/h1-7,10,14,18,21H,8-9H2,(H,19,20)/b7-6+/t14-,17+/m0/s1. The second-order valence-corrected chi connectivity index (χ2v) is 6.51. The number of aliphatic carboxylic acids is 1. The Bertz CT molecular complexity index is 720. The number of aliphatic hydroxyl groups excluding tert-OH is 1. The Balaban J connectivity index is 1.97. The molecule has 1 aromatic heterocycles. The molecule has 114 valence electrons. The Morgan fingerprint density at radius 3 is 2.68 bits per heavy atom. The van der Waals surface area contributed by atoms with Crippen molar-refractivity contribution in [2.45, 2.75) is 24.5 Å². The van der Waals surface area contributed by atoms with Crippen LogP contribution in [0.15, 0.2) is 36.4 Å². The molecule has 1 heterocycles. The third-order valence-corrected chi connectivity index (χ3v) is 5.10. The predicted molar refractivity (Wildman–Crippen MR) is 85.4 cm³/mol. The molecule has 5 heteroatoms. The molecule has 0 fully saturated rings. The Morgan fingerprint density at radius 1 is 1.27 bits per heavy atom. The van der Waals surface area contributed by atoms with Crippen molar-refractivity contribution in [3.63, 3.8) is 0 Å². The lowest BCUT2D eigenvalue weighted by Gasteiger charge is -2.30. The molecule has 1 aromatic carbocycles. The molecule has 0 bridgehead atoms. The first kappa shape index (κ1) is 15.0. The van der Waals surface area contributed by atoms with Crippen molar-refractivity contribution in [1.82, 2.24) is 0 Å². The van der Waals surface area contributed by atoms with Gasteiger partial charge in [-0.1, -0.05) is 36.4 Å². The minimum atomic E-state index is -1.90. The first-order valence-corrected chi connectivity index (χ1v) is 7.83. The number of carboxylic acids is 1. The van der Waals surface area contributed by atoms with E-state index in [0.29, 0.717) is 10.4 Å². The fraction of sp³-hybridized carbons (Fsp3) is 0.235. The number of benzene rings is 1. The molecule has 0 aliphatic heterocycles. The van der Waals surface area contributed by atoms with Crippen molar-refractivity contribution in [1.29, 1.82) is 0 Å². The number of rotatable bonds is 3. The quantitative estimate of drug-likeness (QED) is 0.813. The zero-order valence-electron chi connectivity index (χ0n) is 11.8. The molecule has 0 amide bonds. The van der Waals surface area contributed by atoms with E-state index in [0.717, 1.165) is 10.4 Å². The Kier molecular flexibility index (Phi) is 3.87. The average Bonchev–Trinajstić information content (AvgIpc) is 2.96. The van der Waals surface area contributed by atoms with E-state index in [1.165, 1.54) is 11.3 Å².